The molecule has 0 bridgehead atoms. The Morgan fingerprint density at radius 1 is 1.05 bits per heavy atom. The van der Waals surface area contributed by atoms with Gasteiger partial charge < -0.3 is 35.0 Å². The molecule has 3 atom stereocenters. The van der Waals surface area contributed by atoms with Crippen LogP contribution in [0.25, 0.3) is 0 Å². The minimum Gasteiger partial charge on any atom is -0.490 e. The predicted molar refractivity (Wildman–Crippen MR) is 172 cm³/mol. The number of nitrogens with two attached hydrogens (primary N) is 1. The highest BCUT2D eigenvalue weighted by Crippen LogP contribution is 2.37. The van der Waals surface area contributed by atoms with E-state index < -0.39 is 0 Å². The quantitative estimate of drug-likeness (QED) is 0.222. The summed E-state index contributed by atoms with van der Waals surface area (Å²) in [7, 11) is 1.74. The molecule has 6 rings (SSSR count). The van der Waals surface area contributed by atoms with Crippen molar-refractivity contribution in [2.24, 2.45) is 11.7 Å². The van der Waals surface area contributed by atoms with Crippen molar-refractivity contribution in [1.29, 1.82) is 0 Å². The SMILES string of the molecule is COCCCN1CCOc2ccc(COC3CNCC(CN)C3c3ccc(O[N+]4(c5cccc(F)c5)CCCC4)cc3)cc21. The number of hydrogen-bond donors (Lipinski definition) is 2. The Morgan fingerprint density at radius 3 is 2.66 bits per heavy atom. The number of rotatable bonds is 12. The topological polar surface area (TPSA) is 78.2 Å². The summed E-state index contributed by atoms with van der Waals surface area (Å²) < 4.78 is 32.3. The third-order valence-electron chi connectivity index (χ3n) is 9.30. The zero-order valence-electron chi connectivity index (χ0n) is 25.8. The molecule has 0 aromatic heterocycles. The molecule has 0 saturated carbocycles. The van der Waals surface area contributed by atoms with Crippen LogP contribution < -0.4 is 30.2 Å². The Labute approximate surface area is 260 Å². The van der Waals surface area contributed by atoms with E-state index in [9.17, 15) is 4.39 Å². The lowest BCUT2D eigenvalue weighted by Crippen LogP contribution is -2.49. The number of nitrogens with zero attached hydrogens (tertiary/aromatic N) is 2. The lowest BCUT2D eigenvalue weighted by molar-refractivity contribution is -0.0262. The zero-order chi connectivity index (χ0) is 30.4. The van der Waals surface area contributed by atoms with E-state index in [1.54, 1.807) is 19.2 Å². The number of piperidine rings is 1. The molecule has 0 spiro atoms. The van der Waals surface area contributed by atoms with Crippen molar-refractivity contribution in [3.05, 3.63) is 83.7 Å². The van der Waals surface area contributed by atoms with Crippen LogP contribution >= 0.6 is 0 Å². The fourth-order valence-corrected chi connectivity index (χ4v) is 7.02. The summed E-state index contributed by atoms with van der Waals surface area (Å²) in [5, 5.41) is 3.54. The van der Waals surface area contributed by atoms with Crippen LogP contribution in [0.5, 0.6) is 11.5 Å². The van der Waals surface area contributed by atoms with Crippen LogP contribution in [0.1, 0.15) is 36.3 Å². The van der Waals surface area contributed by atoms with Gasteiger partial charge in [0.15, 0.2) is 11.4 Å². The van der Waals surface area contributed by atoms with E-state index in [0.29, 0.717) is 24.4 Å². The van der Waals surface area contributed by atoms with Gasteiger partial charge in [-0.05, 0) is 66.9 Å². The molecular weight excluding hydrogens is 559 g/mol. The van der Waals surface area contributed by atoms with Gasteiger partial charge in [0, 0.05) is 57.7 Å². The van der Waals surface area contributed by atoms with Gasteiger partial charge in [-0.2, -0.15) is 0 Å². The van der Waals surface area contributed by atoms with Crippen LogP contribution in [-0.4, -0.2) is 72.2 Å². The van der Waals surface area contributed by atoms with Crippen LogP contribution in [0.2, 0.25) is 0 Å². The zero-order valence-corrected chi connectivity index (χ0v) is 25.8. The molecule has 0 amide bonds. The van der Waals surface area contributed by atoms with Crippen LogP contribution in [0.15, 0.2) is 66.7 Å². The smallest absolute Gasteiger partial charge is 0.190 e. The summed E-state index contributed by atoms with van der Waals surface area (Å²) in [6, 6.07) is 21.5. The van der Waals surface area contributed by atoms with Gasteiger partial charge in [0.1, 0.15) is 31.3 Å². The summed E-state index contributed by atoms with van der Waals surface area (Å²) in [4.78, 5) is 8.98. The molecule has 3 aromatic rings. The van der Waals surface area contributed by atoms with Crippen molar-refractivity contribution >= 4 is 11.4 Å². The molecule has 3 aliphatic heterocycles. The maximum atomic E-state index is 14.1. The molecule has 44 heavy (non-hydrogen) atoms. The van der Waals surface area contributed by atoms with E-state index in [4.69, 9.17) is 24.8 Å². The summed E-state index contributed by atoms with van der Waals surface area (Å²) in [5.74, 6) is 1.87. The number of benzene rings is 3. The monoisotopic (exact) mass is 605 g/mol. The first-order chi connectivity index (χ1) is 21.6. The van der Waals surface area contributed by atoms with Gasteiger partial charge in [0.05, 0.1) is 24.9 Å². The first-order valence-electron chi connectivity index (χ1n) is 16.0. The van der Waals surface area contributed by atoms with Crippen LogP contribution in [-0.2, 0) is 16.1 Å². The molecule has 3 aliphatic rings. The second kappa shape index (κ2) is 14.3. The Balaban J connectivity index is 1.16. The molecule has 9 heteroatoms. The first kappa shape index (κ1) is 30.8. The van der Waals surface area contributed by atoms with Gasteiger partial charge in [0.25, 0.3) is 0 Å². The third-order valence-corrected chi connectivity index (χ3v) is 9.30. The Morgan fingerprint density at radius 2 is 1.89 bits per heavy atom. The molecule has 2 fully saturated rings. The second-order valence-electron chi connectivity index (χ2n) is 12.2. The molecule has 0 radical (unpaired) electrons. The van der Waals surface area contributed by atoms with Crippen molar-refractivity contribution in [2.75, 3.05) is 71.0 Å². The van der Waals surface area contributed by atoms with Gasteiger partial charge >= 0.3 is 0 Å². The van der Waals surface area contributed by atoms with Crippen molar-refractivity contribution < 1.29 is 23.4 Å². The largest absolute Gasteiger partial charge is 0.490 e. The van der Waals surface area contributed by atoms with E-state index in [2.05, 4.69) is 40.5 Å². The Hall–Kier alpha value is -3.21. The number of anilines is 1. The Bertz CT molecular complexity index is 1370. The maximum Gasteiger partial charge on any atom is 0.190 e. The van der Waals surface area contributed by atoms with Gasteiger partial charge in [-0.1, -0.05) is 24.3 Å². The van der Waals surface area contributed by atoms with Gasteiger partial charge in [-0.3, -0.25) is 0 Å². The summed E-state index contributed by atoms with van der Waals surface area (Å²) in [5.41, 5.74) is 10.6. The molecule has 8 nitrogen and oxygen atoms in total. The molecule has 0 aliphatic carbocycles. The molecule has 3 heterocycles. The molecular formula is C35H46FN4O4+. The first-order valence-corrected chi connectivity index (χ1v) is 16.0. The van der Waals surface area contributed by atoms with Crippen LogP contribution in [0.3, 0.4) is 0 Å². The minimum absolute atomic E-state index is 0.0293. The van der Waals surface area contributed by atoms with E-state index in [0.717, 1.165) is 93.6 Å². The standard InChI is InChI=1S/C35H46FN4O4/c1-41-18-5-14-39-15-19-42-33-13-8-26(20-32(33)39)25-43-34-24-38-23-28(22-37)35(34)27-9-11-31(12-10-27)44-40(16-2-3-17-40)30-7-4-6-29(36)21-30/h4,6-13,20-21,28,34-35,38H,2-3,5,14-19,22-25,37H2,1H3/q+1. The average molecular weight is 606 g/mol. The molecule has 3 N–H and O–H groups in total. The van der Waals surface area contributed by atoms with Crippen molar-refractivity contribution in [3.8, 4) is 11.5 Å². The number of nitrogens with one attached hydrogen (secondary N) is 1. The van der Waals surface area contributed by atoms with Gasteiger partial charge in [0.2, 0.25) is 0 Å². The molecule has 2 saturated heterocycles. The number of fused-ring (bicyclic) bond motifs is 1. The summed E-state index contributed by atoms with van der Waals surface area (Å²) >= 11 is 0. The Kier molecular flexibility index (Phi) is 9.98. The molecule has 3 unspecified atom stereocenters. The lowest BCUT2D eigenvalue weighted by Gasteiger charge is -2.39. The van der Waals surface area contributed by atoms with Gasteiger partial charge in [-0.15, -0.1) is 4.65 Å². The van der Waals surface area contributed by atoms with Gasteiger partial charge in [-0.25, -0.2) is 4.39 Å². The predicted octanol–water partition coefficient (Wildman–Crippen LogP) is 5.00. The minimum atomic E-state index is -0.237. The van der Waals surface area contributed by atoms with E-state index in [1.165, 1.54) is 11.6 Å². The fraction of sp³-hybridized carbons (Fsp3) is 0.486. The van der Waals surface area contributed by atoms with Crippen LogP contribution in [0, 0.1) is 11.7 Å². The normalized spacial score (nSPS) is 22.8. The number of hydroxylamine groups is 2. The van der Waals surface area contributed by atoms with E-state index >= 15 is 0 Å². The number of hydrogen-bond acceptors (Lipinski definition) is 7. The number of ether oxygens (including phenoxy) is 3. The molecule has 236 valence electrons. The average Bonchev–Trinajstić information content (AvgIpc) is 3.54. The number of methoxy groups -OCH3 is 1. The second-order valence-corrected chi connectivity index (χ2v) is 12.2. The number of quaternary nitrogens is 1. The van der Waals surface area contributed by atoms with Crippen molar-refractivity contribution in [3.63, 3.8) is 0 Å². The third kappa shape index (κ3) is 6.87. The summed E-state index contributed by atoms with van der Waals surface area (Å²) in [6.07, 6.45) is 3.04. The highest BCUT2D eigenvalue weighted by Gasteiger charge is 2.39. The van der Waals surface area contributed by atoms with Crippen LogP contribution in [0.4, 0.5) is 15.8 Å². The highest BCUT2D eigenvalue weighted by molar-refractivity contribution is 5.61. The molecule has 3 aromatic carbocycles. The number of halogens is 1. The van der Waals surface area contributed by atoms with E-state index in [-0.39, 0.29) is 23.8 Å². The van der Waals surface area contributed by atoms with E-state index in [1.807, 2.05) is 18.2 Å². The highest BCUT2D eigenvalue weighted by atomic mass is 19.1. The summed E-state index contributed by atoms with van der Waals surface area (Å²) in [6.45, 7) is 7.58. The lowest BCUT2D eigenvalue weighted by atomic mass is 9.79. The van der Waals surface area contributed by atoms with Crippen molar-refractivity contribution in [1.82, 2.24) is 9.96 Å². The maximum absolute atomic E-state index is 14.1. The fourth-order valence-electron chi connectivity index (χ4n) is 7.02. The van der Waals surface area contributed by atoms with Crippen molar-refractivity contribution in [2.45, 2.75) is 37.9 Å².